The summed E-state index contributed by atoms with van der Waals surface area (Å²) in [6, 6.07) is 7.04. The minimum atomic E-state index is -2.74. The molecular weight excluding hydrogens is 304 g/mol. The predicted octanol–water partition coefficient (Wildman–Crippen LogP) is 2.96. The molecule has 0 amide bonds. The number of hydrogen-bond acceptors (Lipinski definition) is 5. The van der Waals surface area contributed by atoms with Crippen molar-refractivity contribution in [2.45, 2.75) is 19.8 Å². The van der Waals surface area contributed by atoms with Crippen LogP contribution in [-0.4, -0.2) is 36.1 Å². The third kappa shape index (κ3) is 2.71. The molecule has 3 rings (SSSR count). The number of ether oxygens (including phenoxy) is 1. The first-order valence-corrected chi connectivity index (χ1v) is 7.33. The molecule has 1 aromatic carbocycles. The van der Waals surface area contributed by atoms with Crippen molar-refractivity contribution in [2.24, 2.45) is 5.41 Å². The number of alkyl halides is 2. The highest BCUT2D eigenvalue weighted by Gasteiger charge is 2.42. The van der Waals surface area contributed by atoms with Crippen LogP contribution in [0, 0.1) is 5.41 Å². The van der Waals surface area contributed by atoms with E-state index in [-0.39, 0.29) is 5.97 Å². The highest BCUT2D eigenvalue weighted by Crippen LogP contribution is 2.36. The Bertz CT molecular complexity index is 753. The number of fused-ring (bicyclic) bond motifs is 1. The van der Waals surface area contributed by atoms with E-state index in [1.807, 2.05) is 17.9 Å². The van der Waals surface area contributed by atoms with Gasteiger partial charge in [0.2, 0.25) is 0 Å². The fourth-order valence-electron chi connectivity index (χ4n) is 2.97. The molecular formula is C16H17F2N3O2. The molecule has 0 aliphatic carbocycles. The first-order chi connectivity index (χ1) is 10.9. The number of anilines is 1. The summed E-state index contributed by atoms with van der Waals surface area (Å²) in [5.74, 6) is -0.351. The van der Waals surface area contributed by atoms with Gasteiger partial charge in [-0.1, -0.05) is 12.1 Å². The zero-order valence-electron chi connectivity index (χ0n) is 12.9. The SMILES string of the molecule is COC(=O)C1(C)CCN(c2nc(C(F)F)nc3ccccc23)C1. The van der Waals surface area contributed by atoms with Crippen molar-refractivity contribution in [2.75, 3.05) is 25.1 Å². The number of carbonyl (C=O) groups excluding carboxylic acids is 1. The van der Waals surface area contributed by atoms with Crippen molar-refractivity contribution in [3.63, 3.8) is 0 Å². The average Bonchev–Trinajstić information content (AvgIpc) is 2.96. The Morgan fingerprint density at radius 3 is 2.78 bits per heavy atom. The lowest BCUT2D eigenvalue weighted by Gasteiger charge is -2.23. The number of hydrogen-bond donors (Lipinski definition) is 0. The molecule has 0 radical (unpaired) electrons. The van der Waals surface area contributed by atoms with E-state index >= 15 is 0 Å². The van der Waals surface area contributed by atoms with Gasteiger partial charge >= 0.3 is 5.97 Å². The number of esters is 1. The van der Waals surface area contributed by atoms with Gasteiger partial charge in [-0.15, -0.1) is 0 Å². The topological polar surface area (TPSA) is 55.3 Å². The number of rotatable bonds is 3. The highest BCUT2D eigenvalue weighted by molar-refractivity contribution is 5.90. The quantitative estimate of drug-likeness (QED) is 0.814. The smallest absolute Gasteiger partial charge is 0.313 e. The van der Waals surface area contributed by atoms with Gasteiger partial charge in [-0.05, 0) is 25.5 Å². The maximum absolute atomic E-state index is 13.1. The molecule has 0 spiro atoms. The third-order valence-electron chi connectivity index (χ3n) is 4.25. The van der Waals surface area contributed by atoms with Crippen LogP contribution in [0.25, 0.3) is 10.9 Å². The van der Waals surface area contributed by atoms with Crippen molar-refractivity contribution < 1.29 is 18.3 Å². The molecule has 0 bridgehead atoms. The van der Waals surface area contributed by atoms with Crippen LogP contribution in [0.3, 0.4) is 0 Å². The molecule has 0 saturated carbocycles. The van der Waals surface area contributed by atoms with E-state index in [2.05, 4.69) is 9.97 Å². The summed E-state index contributed by atoms with van der Waals surface area (Å²) in [6.45, 7) is 2.74. The van der Waals surface area contributed by atoms with Crippen LogP contribution in [0.15, 0.2) is 24.3 Å². The van der Waals surface area contributed by atoms with Crippen LogP contribution >= 0.6 is 0 Å². The first kappa shape index (κ1) is 15.6. The molecule has 23 heavy (non-hydrogen) atoms. The van der Waals surface area contributed by atoms with Crippen molar-refractivity contribution >= 4 is 22.7 Å². The number of benzene rings is 1. The van der Waals surface area contributed by atoms with E-state index in [0.29, 0.717) is 36.2 Å². The predicted molar refractivity (Wildman–Crippen MR) is 81.4 cm³/mol. The summed E-state index contributed by atoms with van der Waals surface area (Å²) >= 11 is 0. The Morgan fingerprint density at radius 2 is 2.09 bits per heavy atom. The van der Waals surface area contributed by atoms with Gasteiger partial charge in [0.15, 0.2) is 5.82 Å². The zero-order chi connectivity index (χ0) is 16.6. The van der Waals surface area contributed by atoms with Crippen molar-refractivity contribution in [3.8, 4) is 0 Å². The first-order valence-electron chi connectivity index (χ1n) is 7.33. The Kier molecular flexibility index (Phi) is 3.87. The second kappa shape index (κ2) is 5.72. The van der Waals surface area contributed by atoms with E-state index < -0.39 is 17.7 Å². The van der Waals surface area contributed by atoms with Crippen LogP contribution in [0.2, 0.25) is 0 Å². The molecule has 1 unspecified atom stereocenters. The summed E-state index contributed by atoms with van der Waals surface area (Å²) in [5, 5.41) is 0.700. The summed E-state index contributed by atoms with van der Waals surface area (Å²) in [6.07, 6.45) is -2.16. The van der Waals surface area contributed by atoms with Gasteiger partial charge < -0.3 is 9.64 Å². The summed E-state index contributed by atoms with van der Waals surface area (Å²) in [4.78, 5) is 21.8. The molecule has 7 heteroatoms. The van der Waals surface area contributed by atoms with Crippen LogP contribution in [-0.2, 0) is 9.53 Å². The fraction of sp³-hybridized carbons (Fsp3) is 0.438. The van der Waals surface area contributed by atoms with E-state index in [1.54, 1.807) is 18.2 Å². The highest BCUT2D eigenvalue weighted by atomic mass is 19.3. The molecule has 2 aromatic rings. The van der Waals surface area contributed by atoms with Crippen LogP contribution < -0.4 is 4.90 Å². The minimum Gasteiger partial charge on any atom is -0.469 e. The van der Waals surface area contributed by atoms with Crippen LogP contribution in [0.4, 0.5) is 14.6 Å². The minimum absolute atomic E-state index is 0.299. The van der Waals surface area contributed by atoms with Crippen LogP contribution in [0.5, 0.6) is 0 Å². The summed E-state index contributed by atoms with van der Waals surface area (Å²) in [5.41, 5.74) is -0.189. The fourth-order valence-corrected chi connectivity index (χ4v) is 2.97. The molecule has 0 N–H and O–H groups in total. The largest absolute Gasteiger partial charge is 0.469 e. The lowest BCUT2D eigenvalue weighted by molar-refractivity contribution is -0.150. The molecule has 1 aliphatic rings. The second-order valence-electron chi connectivity index (χ2n) is 5.95. The summed E-state index contributed by atoms with van der Waals surface area (Å²) in [7, 11) is 1.35. The molecule has 5 nitrogen and oxygen atoms in total. The molecule has 1 fully saturated rings. The lowest BCUT2D eigenvalue weighted by atomic mass is 9.90. The number of nitrogens with zero attached hydrogens (tertiary/aromatic N) is 3. The Balaban J connectivity index is 2.04. The standard InChI is InChI=1S/C16H17F2N3O2/c1-16(15(22)23-2)7-8-21(9-16)14-10-5-3-4-6-11(10)19-13(20-14)12(17)18/h3-6,12H,7-9H2,1-2H3. The Hall–Kier alpha value is -2.31. The number of carbonyl (C=O) groups is 1. The van der Waals surface area contributed by atoms with Gasteiger partial charge in [0.05, 0.1) is 18.0 Å². The number of para-hydroxylation sites is 1. The van der Waals surface area contributed by atoms with Gasteiger partial charge in [-0.25, -0.2) is 18.7 Å². The van der Waals surface area contributed by atoms with Crippen LogP contribution in [0.1, 0.15) is 25.6 Å². The van der Waals surface area contributed by atoms with Gasteiger partial charge in [0.25, 0.3) is 6.43 Å². The Labute approximate surface area is 132 Å². The number of aromatic nitrogens is 2. The zero-order valence-corrected chi connectivity index (χ0v) is 12.9. The van der Waals surface area contributed by atoms with E-state index in [0.717, 1.165) is 0 Å². The number of halogens is 2. The Morgan fingerprint density at radius 1 is 1.35 bits per heavy atom. The molecule has 122 valence electrons. The molecule has 1 aliphatic heterocycles. The van der Waals surface area contributed by atoms with E-state index in [9.17, 15) is 13.6 Å². The van der Waals surface area contributed by atoms with Gasteiger partial charge in [0, 0.05) is 18.5 Å². The van der Waals surface area contributed by atoms with Crippen molar-refractivity contribution in [3.05, 3.63) is 30.1 Å². The monoisotopic (exact) mass is 321 g/mol. The third-order valence-corrected chi connectivity index (χ3v) is 4.25. The molecule has 1 aromatic heterocycles. The van der Waals surface area contributed by atoms with E-state index in [4.69, 9.17) is 4.74 Å². The van der Waals surface area contributed by atoms with E-state index in [1.165, 1.54) is 7.11 Å². The summed E-state index contributed by atoms with van der Waals surface area (Å²) < 4.78 is 31.0. The van der Waals surface area contributed by atoms with Gasteiger partial charge in [0.1, 0.15) is 5.82 Å². The second-order valence-corrected chi connectivity index (χ2v) is 5.95. The lowest BCUT2D eigenvalue weighted by Crippen LogP contribution is -2.33. The number of methoxy groups -OCH3 is 1. The van der Waals surface area contributed by atoms with Crippen molar-refractivity contribution in [1.82, 2.24) is 9.97 Å². The van der Waals surface area contributed by atoms with Crippen molar-refractivity contribution in [1.29, 1.82) is 0 Å². The maximum Gasteiger partial charge on any atom is 0.313 e. The van der Waals surface area contributed by atoms with Gasteiger partial charge in [-0.3, -0.25) is 4.79 Å². The average molecular weight is 321 g/mol. The maximum atomic E-state index is 13.1. The normalized spacial score (nSPS) is 21.2. The molecule has 1 atom stereocenters. The molecule has 2 heterocycles. The van der Waals surface area contributed by atoms with Gasteiger partial charge in [-0.2, -0.15) is 0 Å². The molecule has 1 saturated heterocycles.